The lowest BCUT2D eigenvalue weighted by molar-refractivity contribution is 0.0979. The predicted molar refractivity (Wildman–Crippen MR) is 112 cm³/mol. The van der Waals surface area contributed by atoms with E-state index in [2.05, 4.69) is 6.92 Å². The smallest absolute Gasteiger partial charge is 0.162 e. The number of phenols is 1. The number of ketones is 1. The van der Waals surface area contributed by atoms with E-state index in [-0.39, 0.29) is 5.78 Å². The number of aryl methyl sites for hydroxylation is 2. The van der Waals surface area contributed by atoms with Crippen molar-refractivity contribution in [2.24, 2.45) is 0 Å². The first kappa shape index (κ1) is 22.7. The van der Waals surface area contributed by atoms with Crippen LogP contribution >= 0.6 is 0 Å². The normalized spacial score (nSPS) is 11.0. The topological polar surface area (TPSA) is 37.3 Å². The first-order chi connectivity index (χ1) is 12.6. The second-order valence-corrected chi connectivity index (χ2v) is 7.87. The zero-order valence-electron chi connectivity index (χ0n) is 17.4. The van der Waals surface area contributed by atoms with E-state index in [9.17, 15) is 9.90 Å². The molecule has 0 aliphatic rings. The molecule has 0 saturated heterocycles. The van der Waals surface area contributed by atoms with Gasteiger partial charge in [-0.3, -0.25) is 4.79 Å². The number of unbranched alkanes of at least 4 members (excludes halogenated alkanes) is 12. The number of carbonyl (C=O) groups is 1. The van der Waals surface area contributed by atoms with E-state index >= 15 is 0 Å². The number of hydrogen-bond acceptors (Lipinski definition) is 2. The SMILES string of the molecule is CCCCCCCCCCCCCCCC(=O)c1cc(C)c(O)c(C)c1. The fourth-order valence-corrected chi connectivity index (χ4v) is 3.56. The molecule has 0 saturated carbocycles. The Hall–Kier alpha value is -1.31. The molecule has 0 aliphatic carbocycles. The highest BCUT2D eigenvalue weighted by Crippen LogP contribution is 2.24. The molecule has 0 aliphatic heterocycles. The van der Waals surface area contributed by atoms with Gasteiger partial charge in [-0.15, -0.1) is 0 Å². The van der Waals surface area contributed by atoms with E-state index < -0.39 is 0 Å². The van der Waals surface area contributed by atoms with E-state index in [1.54, 1.807) is 0 Å². The van der Waals surface area contributed by atoms with Crippen LogP contribution in [-0.4, -0.2) is 10.9 Å². The third kappa shape index (κ3) is 9.40. The Morgan fingerprint density at radius 1 is 0.731 bits per heavy atom. The molecule has 1 aromatic rings. The van der Waals surface area contributed by atoms with Crippen LogP contribution in [0.3, 0.4) is 0 Å². The number of carbonyl (C=O) groups excluding carboxylic acids is 1. The summed E-state index contributed by atoms with van der Waals surface area (Å²) in [4.78, 5) is 12.3. The Kier molecular flexibility index (Phi) is 12.1. The molecule has 1 aromatic carbocycles. The number of rotatable bonds is 15. The molecular weight excluding hydrogens is 320 g/mol. The summed E-state index contributed by atoms with van der Waals surface area (Å²) >= 11 is 0. The van der Waals surface area contributed by atoms with Crippen LogP contribution in [-0.2, 0) is 0 Å². The van der Waals surface area contributed by atoms with Crippen LogP contribution in [0.15, 0.2) is 12.1 Å². The van der Waals surface area contributed by atoms with Gasteiger partial charge in [-0.2, -0.15) is 0 Å². The van der Waals surface area contributed by atoms with Crippen LogP contribution in [0.2, 0.25) is 0 Å². The van der Waals surface area contributed by atoms with Crippen molar-refractivity contribution in [3.05, 3.63) is 28.8 Å². The largest absolute Gasteiger partial charge is 0.507 e. The minimum Gasteiger partial charge on any atom is -0.507 e. The maximum absolute atomic E-state index is 12.3. The average Bonchev–Trinajstić information content (AvgIpc) is 2.62. The van der Waals surface area contributed by atoms with Gasteiger partial charge in [-0.1, -0.05) is 84.0 Å². The molecule has 0 radical (unpaired) electrons. The van der Waals surface area contributed by atoms with E-state index in [0.29, 0.717) is 12.2 Å². The van der Waals surface area contributed by atoms with Crippen molar-refractivity contribution in [1.29, 1.82) is 0 Å². The molecule has 0 amide bonds. The van der Waals surface area contributed by atoms with Gasteiger partial charge >= 0.3 is 0 Å². The second kappa shape index (κ2) is 13.8. The highest BCUT2D eigenvalue weighted by Gasteiger charge is 2.10. The molecule has 26 heavy (non-hydrogen) atoms. The first-order valence-corrected chi connectivity index (χ1v) is 10.9. The monoisotopic (exact) mass is 360 g/mol. The Bertz CT molecular complexity index is 496. The van der Waals surface area contributed by atoms with Crippen molar-refractivity contribution < 1.29 is 9.90 Å². The van der Waals surface area contributed by atoms with Gasteiger partial charge in [-0.25, -0.2) is 0 Å². The molecule has 2 heteroatoms. The zero-order chi connectivity index (χ0) is 19.2. The lowest BCUT2D eigenvalue weighted by Crippen LogP contribution is -2.00. The minimum absolute atomic E-state index is 0.208. The Morgan fingerprint density at radius 2 is 1.12 bits per heavy atom. The number of phenolic OH excluding ortho intramolecular Hbond substituents is 1. The van der Waals surface area contributed by atoms with Crippen molar-refractivity contribution >= 4 is 5.78 Å². The van der Waals surface area contributed by atoms with Gasteiger partial charge in [0.1, 0.15) is 5.75 Å². The molecule has 2 nitrogen and oxygen atoms in total. The van der Waals surface area contributed by atoms with Crippen LogP contribution in [0.5, 0.6) is 5.75 Å². The fourth-order valence-electron chi connectivity index (χ4n) is 3.56. The van der Waals surface area contributed by atoms with E-state index in [1.807, 2.05) is 26.0 Å². The number of aromatic hydroxyl groups is 1. The van der Waals surface area contributed by atoms with Crippen LogP contribution in [0.1, 0.15) is 118 Å². The summed E-state index contributed by atoms with van der Waals surface area (Å²) in [6.45, 7) is 5.97. The van der Waals surface area contributed by atoms with Gasteiger partial charge in [0.15, 0.2) is 5.78 Å². The lowest BCUT2D eigenvalue weighted by Gasteiger charge is -2.07. The zero-order valence-corrected chi connectivity index (χ0v) is 17.4. The van der Waals surface area contributed by atoms with Crippen molar-refractivity contribution in [3.8, 4) is 5.75 Å². The number of Topliss-reactive ketones (excluding diaryl/α,β-unsaturated/α-hetero) is 1. The van der Waals surface area contributed by atoms with Crippen LogP contribution in [0, 0.1) is 13.8 Å². The van der Waals surface area contributed by atoms with E-state index in [0.717, 1.165) is 29.5 Å². The van der Waals surface area contributed by atoms with Crippen molar-refractivity contribution in [2.75, 3.05) is 0 Å². The van der Waals surface area contributed by atoms with Gasteiger partial charge in [0, 0.05) is 12.0 Å². The molecular formula is C24H40O2. The molecule has 0 atom stereocenters. The average molecular weight is 361 g/mol. The summed E-state index contributed by atoms with van der Waals surface area (Å²) in [5.74, 6) is 0.516. The Labute approximate surface area is 161 Å². The fraction of sp³-hybridized carbons (Fsp3) is 0.708. The highest BCUT2D eigenvalue weighted by atomic mass is 16.3. The van der Waals surface area contributed by atoms with Crippen LogP contribution in [0.4, 0.5) is 0 Å². The standard InChI is InChI=1S/C24H40O2/c1-4-5-6-7-8-9-10-11-12-13-14-15-16-17-23(25)22-18-20(2)24(26)21(3)19-22/h18-19,26H,4-17H2,1-3H3. The summed E-state index contributed by atoms with van der Waals surface area (Å²) in [7, 11) is 0. The molecule has 148 valence electrons. The molecule has 0 fully saturated rings. The van der Waals surface area contributed by atoms with Gasteiger partial charge in [0.05, 0.1) is 0 Å². The quantitative estimate of drug-likeness (QED) is 0.257. The van der Waals surface area contributed by atoms with E-state index in [1.165, 1.54) is 70.6 Å². The maximum Gasteiger partial charge on any atom is 0.162 e. The van der Waals surface area contributed by atoms with Crippen molar-refractivity contribution in [2.45, 2.75) is 111 Å². The van der Waals surface area contributed by atoms with E-state index in [4.69, 9.17) is 0 Å². The number of benzene rings is 1. The molecule has 0 spiro atoms. The van der Waals surface area contributed by atoms with Gasteiger partial charge < -0.3 is 5.11 Å². The summed E-state index contributed by atoms with van der Waals surface area (Å²) in [5, 5.41) is 9.80. The molecule has 0 heterocycles. The summed E-state index contributed by atoms with van der Waals surface area (Å²) in [6, 6.07) is 3.62. The van der Waals surface area contributed by atoms with Crippen LogP contribution in [0.25, 0.3) is 0 Å². The third-order valence-corrected chi connectivity index (χ3v) is 5.32. The second-order valence-electron chi connectivity index (χ2n) is 7.87. The summed E-state index contributed by atoms with van der Waals surface area (Å²) in [6.07, 6.45) is 17.8. The lowest BCUT2D eigenvalue weighted by atomic mass is 9.99. The van der Waals surface area contributed by atoms with Gasteiger partial charge in [0.2, 0.25) is 0 Å². The Morgan fingerprint density at radius 3 is 1.54 bits per heavy atom. The molecule has 0 bridgehead atoms. The minimum atomic E-state index is 0.208. The molecule has 1 rings (SSSR count). The maximum atomic E-state index is 12.3. The summed E-state index contributed by atoms with van der Waals surface area (Å²) < 4.78 is 0. The third-order valence-electron chi connectivity index (χ3n) is 5.32. The molecule has 0 aromatic heterocycles. The predicted octanol–water partition coefficient (Wildman–Crippen LogP) is 7.67. The van der Waals surface area contributed by atoms with Gasteiger partial charge in [-0.05, 0) is 43.5 Å². The highest BCUT2D eigenvalue weighted by molar-refractivity contribution is 5.96. The van der Waals surface area contributed by atoms with Crippen molar-refractivity contribution in [3.63, 3.8) is 0 Å². The summed E-state index contributed by atoms with van der Waals surface area (Å²) in [5.41, 5.74) is 2.33. The Balaban J connectivity index is 2.00. The van der Waals surface area contributed by atoms with Crippen molar-refractivity contribution in [1.82, 2.24) is 0 Å². The van der Waals surface area contributed by atoms with Gasteiger partial charge in [0.25, 0.3) is 0 Å². The first-order valence-electron chi connectivity index (χ1n) is 10.9. The molecule has 1 N–H and O–H groups in total. The molecule has 0 unspecified atom stereocenters. The number of hydrogen-bond donors (Lipinski definition) is 1. The van der Waals surface area contributed by atoms with Crippen LogP contribution < -0.4 is 0 Å².